The first-order valence-corrected chi connectivity index (χ1v) is 8.71. The Bertz CT molecular complexity index is 668. The van der Waals surface area contributed by atoms with E-state index in [-0.39, 0.29) is 12.8 Å². The maximum Gasteiger partial charge on any atom is 0.231 e. The first-order chi connectivity index (χ1) is 12.3. The Morgan fingerprint density at radius 3 is 2.76 bits per heavy atom. The van der Waals surface area contributed by atoms with Gasteiger partial charge in [-0.05, 0) is 42.9 Å². The maximum absolute atomic E-state index is 5.64. The summed E-state index contributed by atoms with van der Waals surface area (Å²) >= 11 is 0. The molecule has 1 unspecified atom stereocenters. The van der Waals surface area contributed by atoms with Gasteiger partial charge in [-0.15, -0.1) is 0 Å². The van der Waals surface area contributed by atoms with Crippen LogP contribution in [0, 0.1) is 0 Å². The Labute approximate surface area is 148 Å². The van der Waals surface area contributed by atoms with Crippen molar-refractivity contribution in [1.29, 1.82) is 0 Å². The number of rotatable bonds is 9. The fourth-order valence-corrected chi connectivity index (χ4v) is 3.19. The molecule has 0 spiro atoms. The van der Waals surface area contributed by atoms with Crippen molar-refractivity contribution in [3.8, 4) is 17.2 Å². The van der Waals surface area contributed by atoms with Crippen LogP contribution in [-0.2, 0) is 6.54 Å². The number of methoxy groups -OCH3 is 1. The highest BCUT2D eigenvalue weighted by molar-refractivity contribution is 5.55. The van der Waals surface area contributed by atoms with Crippen LogP contribution in [0.2, 0.25) is 0 Å². The lowest BCUT2D eigenvalue weighted by Gasteiger charge is -2.28. The molecule has 25 heavy (non-hydrogen) atoms. The van der Waals surface area contributed by atoms with Gasteiger partial charge in [-0.25, -0.2) is 0 Å². The molecule has 1 atom stereocenters. The van der Waals surface area contributed by atoms with Crippen LogP contribution in [0.3, 0.4) is 0 Å². The summed E-state index contributed by atoms with van der Waals surface area (Å²) in [5.74, 6) is 3.11. The summed E-state index contributed by atoms with van der Waals surface area (Å²) < 4.78 is 22.0. The highest BCUT2D eigenvalue weighted by atomic mass is 16.7. The van der Waals surface area contributed by atoms with Crippen molar-refractivity contribution in [3.05, 3.63) is 41.9 Å². The van der Waals surface area contributed by atoms with Crippen molar-refractivity contribution in [1.82, 2.24) is 10.2 Å². The number of hydrogen-bond acceptors (Lipinski definition) is 6. The standard InChI is InChI=1S/C19H26N2O4/c1-4-21(5-2)15(16-7-6-8-23-16)12-20-11-14-9-17(22-3)19-18(10-14)24-13-25-19/h6-10,15,20H,4-5,11-13H2,1-3H3. The minimum absolute atomic E-state index is 0.209. The van der Waals surface area contributed by atoms with Crippen molar-refractivity contribution >= 4 is 0 Å². The zero-order valence-corrected chi connectivity index (χ0v) is 15.1. The van der Waals surface area contributed by atoms with E-state index in [1.807, 2.05) is 24.3 Å². The van der Waals surface area contributed by atoms with Gasteiger partial charge in [-0.3, -0.25) is 4.90 Å². The number of nitrogens with one attached hydrogen (secondary N) is 1. The Morgan fingerprint density at radius 1 is 1.24 bits per heavy atom. The number of furan rings is 1. The lowest BCUT2D eigenvalue weighted by Crippen LogP contribution is -2.35. The first-order valence-electron chi connectivity index (χ1n) is 8.71. The van der Waals surface area contributed by atoms with Gasteiger partial charge in [0, 0.05) is 13.1 Å². The average Bonchev–Trinajstić information content (AvgIpc) is 3.32. The number of nitrogens with zero attached hydrogens (tertiary/aromatic N) is 1. The van der Waals surface area contributed by atoms with Crippen molar-refractivity contribution in [3.63, 3.8) is 0 Å². The maximum atomic E-state index is 5.64. The normalized spacial score (nSPS) is 14.1. The van der Waals surface area contributed by atoms with Gasteiger partial charge in [0.1, 0.15) is 5.76 Å². The van der Waals surface area contributed by atoms with Crippen LogP contribution in [0.15, 0.2) is 34.9 Å². The lowest BCUT2D eigenvalue weighted by atomic mass is 10.1. The average molecular weight is 346 g/mol. The topological polar surface area (TPSA) is 56.1 Å². The number of ether oxygens (including phenoxy) is 3. The third kappa shape index (κ3) is 3.91. The van der Waals surface area contributed by atoms with Gasteiger partial charge in [0.2, 0.25) is 12.5 Å². The van der Waals surface area contributed by atoms with Crippen LogP contribution < -0.4 is 19.5 Å². The molecule has 2 heterocycles. The van der Waals surface area contributed by atoms with Crippen LogP contribution in [0.25, 0.3) is 0 Å². The second-order valence-electron chi connectivity index (χ2n) is 5.92. The van der Waals surface area contributed by atoms with Gasteiger partial charge in [0.15, 0.2) is 11.5 Å². The molecule has 136 valence electrons. The molecule has 6 nitrogen and oxygen atoms in total. The number of likely N-dealkylation sites (N-methyl/N-ethyl adjacent to an activating group) is 1. The van der Waals surface area contributed by atoms with E-state index < -0.39 is 0 Å². The molecule has 3 rings (SSSR count). The molecule has 6 heteroatoms. The third-order valence-corrected chi connectivity index (χ3v) is 4.51. The highest BCUT2D eigenvalue weighted by Gasteiger charge is 2.22. The number of fused-ring (bicyclic) bond motifs is 1. The Kier molecular flexibility index (Phi) is 5.83. The fraction of sp³-hybridized carbons (Fsp3) is 0.474. The zero-order chi connectivity index (χ0) is 17.6. The predicted molar refractivity (Wildman–Crippen MR) is 95.2 cm³/mol. The summed E-state index contributed by atoms with van der Waals surface area (Å²) in [5.41, 5.74) is 1.10. The van der Waals surface area contributed by atoms with Gasteiger partial charge in [0.05, 0.1) is 19.4 Å². The quantitative estimate of drug-likeness (QED) is 0.752. The van der Waals surface area contributed by atoms with Crippen LogP contribution in [0.4, 0.5) is 0 Å². The fourth-order valence-electron chi connectivity index (χ4n) is 3.19. The van der Waals surface area contributed by atoms with Gasteiger partial charge >= 0.3 is 0 Å². The monoisotopic (exact) mass is 346 g/mol. The molecule has 1 aromatic carbocycles. The predicted octanol–water partition coefficient (Wildman–Crippen LogP) is 3.19. The van der Waals surface area contributed by atoms with Gasteiger partial charge in [-0.1, -0.05) is 13.8 Å². The minimum atomic E-state index is 0.209. The largest absolute Gasteiger partial charge is 0.493 e. The second-order valence-corrected chi connectivity index (χ2v) is 5.92. The summed E-state index contributed by atoms with van der Waals surface area (Å²) in [6.07, 6.45) is 1.73. The molecule has 0 radical (unpaired) electrons. The van der Waals surface area contributed by atoms with Crippen LogP contribution in [-0.4, -0.2) is 38.4 Å². The van der Waals surface area contributed by atoms with E-state index in [1.54, 1.807) is 13.4 Å². The van der Waals surface area contributed by atoms with Gasteiger partial charge < -0.3 is 23.9 Å². The van der Waals surface area contributed by atoms with Gasteiger partial charge in [0.25, 0.3) is 0 Å². The molecule has 0 amide bonds. The van der Waals surface area contributed by atoms with E-state index in [2.05, 4.69) is 24.1 Å². The van der Waals surface area contributed by atoms with E-state index in [9.17, 15) is 0 Å². The van der Waals surface area contributed by atoms with Gasteiger partial charge in [-0.2, -0.15) is 0 Å². The lowest BCUT2D eigenvalue weighted by molar-refractivity contribution is 0.171. The Balaban J connectivity index is 1.66. The van der Waals surface area contributed by atoms with Crippen LogP contribution in [0.1, 0.15) is 31.2 Å². The number of benzene rings is 1. The van der Waals surface area contributed by atoms with Crippen molar-refractivity contribution in [2.45, 2.75) is 26.4 Å². The van der Waals surface area contributed by atoms with E-state index in [1.165, 1.54) is 0 Å². The van der Waals surface area contributed by atoms with Crippen molar-refractivity contribution in [2.24, 2.45) is 0 Å². The molecule has 0 fully saturated rings. The molecular formula is C19H26N2O4. The van der Waals surface area contributed by atoms with Crippen molar-refractivity contribution < 1.29 is 18.6 Å². The summed E-state index contributed by atoms with van der Waals surface area (Å²) in [6, 6.07) is 8.17. The molecule has 1 N–H and O–H groups in total. The molecule has 0 saturated carbocycles. The summed E-state index contributed by atoms with van der Waals surface area (Å²) in [6.45, 7) is 8.04. The van der Waals surface area contributed by atoms with E-state index in [4.69, 9.17) is 18.6 Å². The summed E-state index contributed by atoms with van der Waals surface area (Å²) in [4.78, 5) is 2.38. The minimum Gasteiger partial charge on any atom is -0.493 e. The van der Waals surface area contributed by atoms with E-state index >= 15 is 0 Å². The summed E-state index contributed by atoms with van der Waals surface area (Å²) in [7, 11) is 1.64. The first kappa shape index (κ1) is 17.6. The van der Waals surface area contributed by atoms with E-state index in [0.717, 1.165) is 36.7 Å². The Hall–Kier alpha value is -2.18. The van der Waals surface area contributed by atoms with Crippen LogP contribution >= 0.6 is 0 Å². The smallest absolute Gasteiger partial charge is 0.231 e. The Morgan fingerprint density at radius 2 is 2.08 bits per heavy atom. The molecule has 1 aliphatic rings. The molecule has 0 bridgehead atoms. The summed E-state index contributed by atoms with van der Waals surface area (Å²) in [5, 5.41) is 3.53. The molecule has 1 aliphatic heterocycles. The molecule has 1 aromatic heterocycles. The number of hydrogen-bond donors (Lipinski definition) is 1. The molecule has 0 saturated heterocycles. The zero-order valence-electron chi connectivity index (χ0n) is 15.1. The second kappa shape index (κ2) is 8.27. The third-order valence-electron chi connectivity index (χ3n) is 4.51. The van der Waals surface area contributed by atoms with Crippen molar-refractivity contribution in [2.75, 3.05) is 33.5 Å². The highest BCUT2D eigenvalue weighted by Crippen LogP contribution is 2.41. The van der Waals surface area contributed by atoms with E-state index in [0.29, 0.717) is 18.0 Å². The molecule has 0 aliphatic carbocycles. The molecular weight excluding hydrogens is 320 g/mol. The SMILES string of the molecule is CCN(CC)C(CNCc1cc(OC)c2c(c1)OCO2)c1ccco1. The van der Waals surface area contributed by atoms with Crippen LogP contribution in [0.5, 0.6) is 17.2 Å². The molecule has 2 aromatic rings.